The first-order valence-corrected chi connectivity index (χ1v) is 7.95. The van der Waals surface area contributed by atoms with E-state index in [2.05, 4.69) is 10.3 Å². The number of aliphatic carboxylic acids is 1. The summed E-state index contributed by atoms with van der Waals surface area (Å²) in [7, 11) is 0. The van der Waals surface area contributed by atoms with Gasteiger partial charge in [-0.2, -0.15) is 0 Å². The molecule has 26 heavy (non-hydrogen) atoms. The number of benzene rings is 1. The Morgan fingerprint density at radius 3 is 2.54 bits per heavy atom. The molecule has 0 spiro atoms. The Morgan fingerprint density at radius 1 is 1.15 bits per heavy atom. The number of carboxylic acids is 1. The Labute approximate surface area is 148 Å². The number of aryl methyl sites for hydroxylation is 1. The van der Waals surface area contributed by atoms with Crippen molar-refractivity contribution in [2.75, 3.05) is 5.32 Å². The van der Waals surface area contributed by atoms with Crippen LogP contribution >= 0.6 is 0 Å². The van der Waals surface area contributed by atoms with E-state index in [0.717, 1.165) is 0 Å². The van der Waals surface area contributed by atoms with Gasteiger partial charge in [-0.3, -0.25) is 19.4 Å². The number of amides is 1. The van der Waals surface area contributed by atoms with Crippen LogP contribution in [-0.4, -0.2) is 27.8 Å². The Balaban J connectivity index is 2.09. The monoisotopic (exact) mass is 352 g/mol. The lowest BCUT2D eigenvalue weighted by Gasteiger charge is -2.02. The highest BCUT2D eigenvalue weighted by molar-refractivity contribution is 6.10. The number of carboxylic acid groups (broad SMARTS) is 1. The number of hydrogen-bond acceptors (Lipinski definition) is 5. The summed E-state index contributed by atoms with van der Waals surface area (Å²) in [6.45, 7) is 1.39. The lowest BCUT2D eigenvalue weighted by atomic mass is 10.0. The van der Waals surface area contributed by atoms with Gasteiger partial charge in [0.1, 0.15) is 5.58 Å². The number of rotatable bonds is 6. The zero-order valence-corrected chi connectivity index (χ0v) is 14.0. The highest BCUT2D eigenvalue weighted by atomic mass is 16.4. The fourth-order valence-electron chi connectivity index (χ4n) is 2.73. The van der Waals surface area contributed by atoms with Crippen molar-refractivity contribution < 1.29 is 23.9 Å². The summed E-state index contributed by atoms with van der Waals surface area (Å²) in [4.78, 5) is 38.9. The zero-order valence-electron chi connectivity index (χ0n) is 14.0. The molecule has 1 amide bonds. The predicted molar refractivity (Wildman–Crippen MR) is 94.1 cm³/mol. The summed E-state index contributed by atoms with van der Waals surface area (Å²) in [6.07, 6.45) is 3.04. The number of furan rings is 1. The second-order valence-corrected chi connectivity index (χ2v) is 5.76. The third kappa shape index (κ3) is 3.61. The molecule has 2 aromatic heterocycles. The highest BCUT2D eigenvalue weighted by Gasteiger charge is 2.22. The van der Waals surface area contributed by atoms with Gasteiger partial charge in [0.05, 0.1) is 0 Å². The molecule has 0 saturated carbocycles. The molecule has 0 fully saturated rings. The van der Waals surface area contributed by atoms with Crippen LogP contribution in [0.2, 0.25) is 0 Å². The minimum Gasteiger partial charge on any atom is -0.481 e. The van der Waals surface area contributed by atoms with Gasteiger partial charge in [0.2, 0.25) is 11.7 Å². The van der Waals surface area contributed by atoms with E-state index in [9.17, 15) is 14.4 Å². The Morgan fingerprint density at radius 2 is 1.88 bits per heavy atom. The number of pyridine rings is 1. The largest absolute Gasteiger partial charge is 0.481 e. The summed E-state index contributed by atoms with van der Waals surface area (Å²) < 4.78 is 5.76. The molecule has 7 nitrogen and oxygen atoms in total. The van der Waals surface area contributed by atoms with Crippen LogP contribution in [0.4, 0.5) is 5.69 Å². The fraction of sp³-hybridized carbons (Fsp3) is 0.158. The van der Waals surface area contributed by atoms with Gasteiger partial charge in [-0.05, 0) is 30.7 Å². The predicted octanol–water partition coefficient (Wildman–Crippen LogP) is 3.03. The smallest absolute Gasteiger partial charge is 0.303 e. The second-order valence-electron chi connectivity index (χ2n) is 5.76. The molecule has 0 saturated heterocycles. The number of carbonyl (C=O) groups is 3. The third-order valence-electron chi connectivity index (χ3n) is 3.85. The summed E-state index contributed by atoms with van der Waals surface area (Å²) in [5, 5.41) is 12.3. The molecule has 0 aliphatic carbocycles. The molecule has 2 heterocycles. The molecule has 7 heteroatoms. The maximum absolute atomic E-state index is 12.8. The number of aromatic nitrogens is 1. The number of hydrogen-bond donors (Lipinski definition) is 2. The van der Waals surface area contributed by atoms with Crippen molar-refractivity contribution in [1.82, 2.24) is 4.98 Å². The molecule has 2 N–H and O–H groups in total. The van der Waals surface area contributed by atoms with E-state index in [1.165, 1.54) is 19.3 Å². The average molecular weight is 352 g/mol. The van der Waals surface area contributed by atoms with Crippen LogP contribution in [0.5, 0.6) is 0 Å². The van der Waals surface area contributed by atoms with Gasteiger partial charge < -0.3 is 14.8 Å². The van der Waals surface area contributed by atoms with Crippen LogP contribution in [0.25, 0.3) is 11.0 Å². The van der Waals surface area contributed by atoms with Crippen molar-refractivity contribution in [1.29, 1.82) is 0 Å². The molecular weight excluding hydrogens is 336 g/mol. The van der Waals surface area contributed by atoms with Gasteiger partial charge in [0, 0.05) is 54.0 Å². The van der Waals surface area contributed by atoms with Crippen LogP contribution < -0.4 is 5.32 Å². The van der Waals surface area contributed by atoms with Crippen molar-refractivity contribution in [2.24, 2.45) is 0 Å². The number of ketones is 1. The summed E-state index contributed by atoms with van der Waals surface area (Å²) in [5.41, 5.74) is 1.89. The van der Waals surface area contributed by atoms with Crippen LogP contribution in [0.1, 0.15) is 35.0 Å². The van der Waals surface area contributed by atoms with Crippen molar-refractivity contribution >= 4 is 34.3 Å². The molecule has 0 unspecified atom stereocenters. The minimum atomic E-state index is -0.962. The van der Waals surface area contributed by atoms with E-state index in [1.807, 2.05) is 0 Å². The normalized spacial score (nSPS) is 10.7. The number of carbonyl (C=O) groups excluding carboxylic acids is 2. The quantitative estimate of drug-likeness (QED) is 0.660. The van der Waals surface area contributed by atoms with E-state index in [4.69, 9.17) is 9.52 Å². The Hall–Kier alpha value is -3.48. The number of nitrogens with zero attached hydrogens (tertiary/aromatic N) is 1. The molecule has 132 valence electrons. The molecule has 0 aliphatic heterocycles. The first kappa shape index (κ1) is 17.3. The number of fused-ring (bicyclic) bond motifs is 1. The van der Waals surface area contributed by atoms with E-state index < -0.39 is 5.97 Å². The Kier molecular flexibility index (Phi) is 4.79. The standard InChI is InChI=1S/C19H16N2O5/c1-11(22)21-13-2-3-14-15(4-5-17(23)24)19(26-16(14)10-13)18(25)12-6-8-20-9-7-12/h2-3,6-10H,4-5H2,1H3,(H,21,22)(H,23,24). The minimum absolute atomic E-state index is 0.104. The van der Waals surface area contributed by atoms with Crippen LogP contribution in [-0.2, 0) is 16.0 Å². The number of nitrogens with one attached hydrogen (secondary N) is 1. The number of anilines is 1. The van der Waals surface area contributed by atoms with Gasteiger partial charge in [-0.1, -0.05) is 0 Å². The lowest BCUT2D eigenvalue weighted by Crippen LogP contribution is -2.05. The second kappa shape index (κ2) is 7.18. The van der Waals surface area contributed by atoms with Gasteiger partial charge in [-0.15, -0.1) is 0 Å². The van der Waals surface area contributed by atoms with E-state index in [1.54, 1.807) is 30.3 Å². The van der Waals surface area contributed by atoms with Crippen molar-refractivity contribution in [3.05, 3.63) is 59.6 Å². The molecule has 1 aromatic carbocycles. The van der Waals surface area contributed by atoms with E-state index in [-0.39, 0.29) is 30.3 Å². The molecule has 3 aromatic rings. The van der Waals surface area contributed by atoms with Crippen LogP contribution in [0, 0.1) is 0 Å². The van der Waals surface area contributed by atoms with Gasteiger partial charge in [-0.25, -0.2) is 0 Å². The third-order valence-corrected chi connectivity index (χ3v) is 3.85. The van der Waals surface area contributed by atoms with E-state index in [0.29, 0.717) is 27.8 Å². The average Bonchev–Trinajstić information content (AvgIpc) is 2.97. The molecular formula is C19H16N2O5. The molecule has 0 radical (unpaired) electrons. The van der Waals surface area contributed by atoms with Crippen molar-refractivity contribution in [2.45, 2.75) is 19.8 Å². The molecule has 3 rings (SSSR count). The summed E-state index contributed by atoms with van der Waals surface area (Å²) in [6, 6.07) is 8.15. The van der Waals surface area contributed by atoms with Gasteiger partial charge >= 0.3 is 5.97 Å². The first-order chi connectivity index (χ1) is 12.5. The zero-order chi connectivity index (χ0) is 18.7. The van der Waals surface area contributed by atoms with Gasteiger partial charge in [0.15, 0.2) is 5.76 Å². The molecule has 0 atom stereocenters. The Bertz CT molecular complexity index is 992. The maximum Gasteiger partial charge on any atom is 0.303 e. The molecule has 0 bridgehead atoms. The SMILES string of the molecule is CC(=O)Nc1ccc2c(CCC(=O)O)c(C(=O)c3ccncc3)oc2c1. The first-order valence-electron chi connectivity index (χ1n) is 7.95. The van der Waals surface area contributed by atoms with Gasteiger partial charge in [0.25, 0.3) is 0 Å². The van der Waals surface area contributed by atoms with Crippen molar-refractivity contribution in [3.8, 4) is 0 Å². The maximum atomic E-state index is 12.8. The highest BCUT2D eigenvalue weighted by Crippen LogP contribution is 2.31. The summed E-state index contributed by atoms with van der Waals surface area (Å²) >= 11 is 0. The topological polar surface area (TPSA) is 110 Å². The lowest BCUT2D eigenvalue weighted by molar-refractivity contribution is -0.137. The fourth-order valence-corrected chi connectivity index (χ4v) is 2.73. The molecule has 0 aliphatic rings. The van der Waals surface area contributed by atoms with Crippen LogP contribution in [0.3, 0.4) is 0 Å². The van der Waals surface area contributed by atoms with Crippen molar-refractivity contribution in [3.63, 3.8) is 0 Å². The van der Waals surface area contributed by atoms with E-state index >= 15 is 0 Å². The van der Waals surface area contributed by atoms with Crippen LogP contribution in [0.15, 0.2) is 47.1 Å². The summed E-state index contributed by atoms with van der Waals surface area (Å²) in [5.74, 6) is -1.43.